The maximum Gasteiger partial charge on any atom is 0.0261 e. The molecule has 0 unspecified atom stereocenters. The summed E-state index contributed by atoms with van der Waals surface area (Å²) in [4.78, 5) is 2.23. The van der Waals surface area contributed by atoms with Gasteiger partial charge in [0.25, 0.3) is 0 Å². The lowest BCUT2D eigenvalue weighted by atomic mass is 9.99. The maximum absolute atomic E-state index is 3.24. The Bertz CT molecular complexity index is 171. The average molecular weight is 151 g/mol. The molecule has 0 amide bonds. The molecule has 0 aromatic rings. The predicted molar refractivity (Wildman–Crippen MR) is 48.0 cm³/mol. The van der Waals surface area contributed by atoms with Gasteiger partial charge in [-0.05, 0) is 33.6 Å². The fourth-order valence-corrected chi connectivity index (χ4v) is 1.08. The Morgan fingerprint density at radius 1 is 1.09 bits per heavy atom. The second-order valence-corrected chi connectivity index (χ2v) is 4.18. The quantitative estimate of drug-likeness (QED) is 0.479. The third-order valence-electron chi connectivity index (χ3n) is 1.70. The number of likely N-dealkylation sites (tertiary alicyclic amines) is 1. The van der Waals surface area contributed by atoms with Crippen molar-refractivity contribution in [3.8, 4) is 12.0 Å². The van der Waals surface area contributed by atoms with Gasteiger partial charge in [0, 0.05) is 24.5 Å². The average Bonchev–Trinajstić information content (AvgIpc) is 2.32. The molecule has 1 fully saturated rings. The molecule has 0 aromatic carbocycles. The van der Waals surface area contributed by atoms with E-state index in [-0.39, 0.29) is 5.41 Å². The minimum Gasteiger partial charge on any atom is -0.333 e. The first-order valence-corrected chi connectivity index (χ1v) is 4.36. The van der Waals surface area contributed by atoms with Crippen LogP contribution in [0.15, 0.2) is 0 Å². The molecule has 1 aliphatic heterocycles. The first-order chi connectivity index (χ1) is 5.08. The zero-order chi connectivity index (χ0) is 8.32. The van der Waals surface area contributed by atoms with Crippen LogP contribution < -0.4 is 0 Å². The first-order valence-electron chi connectivity index (χ1n) is 4.36. The third kappa shape index (κ3) is 3.32. The Kier molecular flexibility index (Phi) is 2.44. The van der Waals surface area contributed by atoms with Crippen molar-refractivity contribution in [3.05, 3.63) is 0 Å². The Balaban J connectivity index is 2.42. The fraction of sp³-hybridized carbons (Fsp3) is 0.800. The van der Waals surface area contributed by atoms with Crippen LogP contribution >= 0.6 is 0 Å². The van der Waals surface area contributed by atoms with Gasteiger partial charge in [0.1, 0.15) is 0 Å². The van der Waals surface area contributed by atoms with Gasteiger partial charge < -0.3 is 4.90 Å². The summed E-state index contributed by atoms with van der Waals surface area (Å²) < 4.78 is 0. The Morgan fingerprint density at radius 3 is 2.09 bits per heavy atom. The highest BCUT2D eigenvalue weighted by Crippen LogP contribution is 2.11. The molecule has 0 aromatic heterocycles. The van der Waals surface area contributed by atoms with E-state index in [0.29, 0.717) is 0 Å². The summed E-state index contributed by atoms with van der Waals surface area (Å²) in [5.74, 6) is 3.24. The second-order valence-electron chi connectivity index (χ2n) is 4.18. The van der Waals surface area contributed by atoms with E-state index < -0.39 is 0 Å². The molecule has 1 saturated heterocycles. The van der Waals surface area contributed by atoms with Gasteiger partial charge in [-0.15, -0.1) is 0 Å². The molecule has 1 aliphatic rings. The van der Waals surface area contributed by atoms with Gasteiger partial charge >= 0.3 is 0 Å². The molecule has 0 radical (unpaired) electrons. The van der Waals surface area contributed by atoms with E-state index in [0.717, 1.165) is 0 Å². The minimum atomic E-state index is 0.155. The van der Waals surface area contributed by atoms with Gasteiger partial charge in [-0.1, -0.05) is 5.92 Å². The van der Waals surface area contributed by atoms with E-state index in [1.807, 2.05) is 0 Å². The fourth-order valence-electron chi connectivity index (χ4n) is 1.08. The van der Waals surface area contributed by atoms with Gasteiger partial charge in [-0.2, -0.15) is 0 Å². The van der Waals surface area contributed by atoms with Crippen LogP contribution in [0.5, 0.6) is 0 Å². The Labute approximate surface area is 69.8 Å². The minimum absolute atomic E-state index is 0.155. The van der Waals surface area contributed by atoms with Crippen molar-refractivity contribution in [2.75, 3.05) is 13.1 Å². The van der Waals surface area contributed by atoms with Crippen LogP contribution in [-0.4, -0.2) is 18.0 Å². The summed E-state index contributed by atoms with van der Waals surface area (Å²) in [6.07, 6.45) is 2.64. The van der Waals surface area contributed by atoms with E-state index in [4.69, 9.17) is 0 Å². The van der Waals surface area contributed by atoms with E-state index in [2.05, 4.69) is 37.6 Å². The lowest BCUT2D eigenvalue weighted by molar-refractivity contribution is 0.487. The first kappa shape index (κ1) is 8.46. The highest BCUT2D eigenvalue weighted by atomic mass is 15.1. The topological polar surface area (TPSA) is 3.24 Å². The summed E-state index contributed by atoms with van der Waals surface area (Å²) in [6, 6.07) is 3.20. The summed E-state index contributed by atoms with van der Waals surface area (Å²) in [7, 11) is 0. The predicted octanol–water partition coefficient (Wildman–Crippen LogP) is 2.09. The van der Waals surface area contributed by atoms with Gasteiger partial charge in [-0.3, -0.25) is 0 Å². The standard InChI is InChI=1S/C10H17N/c1-10(2,3)6-9-11-7-4-5-8-11/h4-5,7-8H2,1-3H3. The normalized spacial score (nSPS) is 17.9. The molecular formula is C10H17N. The molecule has 0 spiro atoms. The van der Waals surface area contributed by atoms with Crippen molar-refractivity contribution in [2.45, 2.75) is 33.6 Å². The number of hydrogen-bond acceptors (Lipinski definition) is 1. The number of rotatable bonds is 0. The number of nitrogens with zero attached hydrogens (tertiary/aromatic N) is 1. The Morgan fingerprint density at radius 2 is 1.64 bits per heavy atom. The molecule has 0 aliphatic carbocycles. The van der Waals surface area contributed by atoms with E-state index >= 15 is 0 Å². The molecule has 1 rings (SSSR count). The summed E-state index contributed by atoms with van der Waals surface area (Å²) in [5, 5.41) is 0. The van der Waals surface area contributed by atoms with Crippen molar-refractivity contribution in [2.24, 2.45) is 5.41 Å². The van der Waals surface area contributed by atoms with Crippen LogP contribution in [0.25, 0.3) is 0 Å². The van der Waals surface area contributed by atoms with Crippen molar-refractivity contribution >= 4 is 0 Å². The lowest BCUT2D eigenvalue weighted by Gasteiger charge is -2.10. The molecular weight excluding hydrogens is 134 g/mol. The maximum atomic E-state index is 3.24. The van der Waals surface area contributed by atoms with Crippen molar-refractivity contribution < 1.29 is 0 Å². The van der Waals surface area contributed by atoms with Crippen LogP contribution in [0, 0.1) is 17.4 Å². The van der Waals surface area contributed by atoms with E-state index in [1.165, 1.54) is 25.9 Å². The van der Waals surface area contributed by atoms with Gasteiger partial charge in [0.05, 0.1) is 0 Å². The Hall–Kier alpha value is -0.640. The van der Waals surface area contributed by atoms with Gasteiger partial charge in [-0.25, -0.2) is 0 Å². The lowest BCUT2D eigenvalue weighted by Crippen LogP contribution is -2.13. The molecule has 0 saturated carbocycles. The molecule has 62 valence electrons. The molecule has 1 nitrogen and oxygen atoms in total. The molecule has 1 heteroatoms. The van der Waals surface area contributed by atoms with Crippen LogP contribution in [0.3, 0.4) is 0 Å². The molecule has 11 heavy (non-hydrogen) atoms. The molecule has 0 bridgehead atoms. The van der Waals surface area contributed by atoms with Gasteiger partial charge in [0.2, 0.25) is 0 Å². The highest BCUT2D eigenvalue weighted by Gasteiger charge is 2.08. The van der Waals surface area contributed by atoms with Crippen molar-refractivity contribution in [1.82, 2.24) is 4.90 Å². The zero-order valence-corrected chi connectivity index (χ0v) is 7.78. The number of hydrogen-bond donors (Lipinski definition) is 0. The van der Waals surface area contributed by atoms with Crippen LogP contribution in [0.1, 0.15) is 33.6 Å². The van der Waals surface area contributed by atoms with Gasteiger partial charge in [0.15, 0.2) is 0 Å². The monoisotopic (exact) mass is 151 g/mol. The summed E-state index contributed by atoms with van der Waals surface area (Å²) in [5.41, 5.74) is 0.155. The zero-order valence-electron chi connectivity index (χ0n) is 7.78. The summed E-state index contributed by atoms with van der Waals surface area (Å²) >= 11 is 0. The highest BCUT2D eigenvalue weighted by molar-refractivity contribution is 5.07. The van der Waals surface area contributed by atoms with Crippen LogP contribution in [-0.2, 0) is 0 Å². The van der Waals surface area contributed by atoms with Crippen molar-refractivity contribution in [3.63, 3.8) is 0 Å². The van der Waals surface area contributed by atoms with Crippen molar-refractivity contribution in [1.29, 1.82) is 0 Å². The SMILES string of the molecule is CC(C)(C)C#CN1CCCC1. The largest absolute Gasteiger partial charge is 0.333 e. The van der Waals surface area contributed by atoms with E-state index in [9.17, 15) is 0 Å². The van der Waals surface area contributed by atoms with Crippen LogP contribution in [0.2, 0.25) is 0 Å². The van der Waals surface area contributed by atoms with Crippen LogP contribution in [0.4, 0.5) is 0 Å². The van der Waals surface area contributed by atoms with E-state index in [1.54, 1.807) is 0 Å². The summed E-state index contributed by atoms with van der Waals surface area (Å²) in [6.45, 7) is 8.79. The molecule has 0 atom stereocenters. The molecule has 1 heterocycles. The second kappa shape index (κ2) is 3.17. The smallest absolute Gasteiger partial charge is 0.0261 e. The molecule has 0 N–H and O–H groups in total. The third-order valence-corrected chi connectivity index (χ3v) is 1.70.